The molecule has 0 fully saturated rings. The lowest BCUT2D eigenvalue weighted by atomic mass is 10.1. The smallest absolute Gasteiger partial charge is 0.241 e. The molecule has 1 aromatic carbocycles. The largest absolute Gasteiger partial charge is 0.396 e. The molecule has 0 aliphatic rings. The number of aromatic nitrogens is 4. The Morgan fingerprint density at radius 2 is 2.05 bits per heavy atom. The van der Waals surface area contributed by atoms with Gasteiger partial charge in [-0.15, -0.1) is 10.2 Å². The van der Waals surface area contributed by atoms with Crippen LogP contribution >= 0.6 is 0 Å². The molecule has 0 spiro atoms. The van der Waals surface area contributed by atoms with Crippen LogP contribution in [0.2, 0.25) is 0 Å². The van der Waals surface area contributed by atoms with Crippen molar-refractivity contribution in [2.24, 2.45) is 0 Å². The predicted molar refractivity (Wildman–Crippen MR) is 74.8 cm³/mol. The fraction of sp³-hybridized carbons (Fsp3) is 0.417. The van der Waals surface area contributed by atoms with Gasteiger partial charge in [0.25, 0.3) is 0 Å². The standard InChI is InChI=1S/C12H17N5O3S/c1-9(12-13-16-17-14-12)15-21(19,20)11-6-4-10(5-7-11)3-2-8-18/h4-7,9,15,18H,2-3,8H2,1H3,(H,13,14,16,17). The second-order valence-electron chi connectivity index (χ2n) is 4.58. The number of rotatable bonds is 7. The lowest BCUT2D eigenvalue weighted by molar-refractivity contribution is 0.288. The summed E-state index contributed by atoms with van der Waals surface area (Å²) in [7, 11) is -3.64. The summed E-state index contributed by atoms with van der Waals surface area (Å²) in [4.78, 5) is 0.172. The Labute approximate surface area is 122 Å². The SMILES string of the molecule is CC(NS(=O)(=O)c1ccc(CCCO)cc1)c1nn[nH]n1. The molecule has 0 aliphatic heterocycles. The van der Waals surface area contributed by atoms with Gasteiger partial charge < -0.3 is 5.11 Å². The van der Waals surface area contributed by atoms with Gasteiger partial charge in [0.2, 0.25) is 10.0 Å². The Hall–Kier alpha value is -1.84. The number of hydrogen-bond acceptors (Lipinski definition) is 6. The predicted octanol–water partition coefficient (Wildman–Crippen LogP) is 0.164. The number of benzene rings is 1. The first-order valence-corrected chi connectivity index (χ1v) is 7.97. The molecule has 9 heteroatoms. The molecule has 3 N–H and O–H groups in total. The summed E-state index contributed by atoms with van der Waals surface area (Å²) in [5.41, 5.74) is 0.981. The highest BCUT2D eigenvalue weighted by atomic mass is 32.2. The summed E-state index contributed by atoms with van der Waals surface area (Å²) in [6.45, 7) is 1.75. The molecule has 1 atom stereocenters. The molecule has 0 radical (unpaired) electrons. The number of H-pyrrole nitrogens is 1. The van der Waals surface area contributed by atoms with Crippen LogP contribution in [0.3, 0.4) is 0 Å². The molecule has 1 unspecified atom stereocenters. The summed E-state index contributed by atoms with van der Waals surface area (Å²) in [6.07, 6.45) is 1.36. The van der Waals surface area contributed by atoms with E-state index in [2.05, 4.69) is 25.3 Å². The van der Waals surface area contributed by atoms with E-state index in [1.807, 2.05) is 0 Å². The van der Waals surface area contributed by atoms with Crippen molar-refractivity contribution in [2.45, 2.75) is 30.7 Å². The van der Waals surface area contributed by atoms with Gasteiger partial charge in [-0.05, 0) is 37.5 Å². The van der Waals surface area contributed by atoms with Crippen LogP contribution in [0.5, 0.6) is 0 Å². The van der Waals surface area contributed by atoms with Gasteiger partial charge in [0.15, 0.2) is 5.82 Å². The van der Waals surface area contributed by atoms with E-state index in [-0.39, 0.29) is 17.3 Å². The van der Waals surface area contributed by atoms with Crippen molar-refractivity contribution in [1.29, 1.82) is 0 Å². The van der Waals surface area contributed by atoms with E-state index in [1.54, 1.807) is 19.1 Å². The van der Waals surface area contributed by atoms with E-state index < -0.39 is 16.1 Å². The van der Waals surface area contributed by atoms with Crippen LogP contribution in [-0.2, 0) is 16.4 Å². The zero-order chi connectivity index (χ0) is 15.3. The average Bonchev–Trinajstić information content (AvgIpc) is 2.99. The topological polar surface area (TPSA) is 121 Å². The second kappa shape index (κ2) is 6.74. The first kappa shape index (κ1) is 15.5. The second-order valence-corrected chi connectivity index (χ2v) is 6.30. The minimum absolute atomic E-state index is 0.115. The van der Waals surface area contributed by atoms with Crippen LogP contribution in [-0.4, -0.2) is 40.8 Å². The molecule has 0 saturated heterocycles. The van der Waals surface area contributed by atoms with Crippen LogP contribution in [0.15, 0.2) is 29.2 Å². The molecule has 21 heavy (non-hydrogen) atoms. The number of aliphatic hydroxyl groups excluding tert-OH is 1. The molecule has 8 nitrogen and oxygen atoms in total. The van der Waals surface area contributed by atoms with E-state index in [1.165, 1.54) is 12.1 Å². The third-order valence-corrected chi connectivity index (χ3v) is 4.49. The third-order valence-electron chi connectivity index (χ3n) is 2.94. The summed E-state index contributed by atoms with van der Waals surface area (Å²) in [5.74, 6) is 0.276. The van der Waals surface area contributed by atoms with Gasteiger partial charge in [-0.3, -0.25) is 0 Å². The fourth-order valence-electron chi connectivity index (χ4n) is 1.82. The maximum atomic E-state index is 12.2. The maximum absolute atomic E-state index is 12.2. The number of sulfonamides is 1. The Bertz CT molecular complexity index is 655. The molecular formula is C12H17N5O3S. The van der Waals surface area contributed by atoms with Crippen molar-refractivity contribution in [1.82, 2.24) is 25.3 Å². The third kappa shape index (κ3) is 4.06. The highest BCUT2D eigenvalue weighted by Gasteiger charge is 2.20. The summed E-state index contributed by atoms with van der Waals surface area (Å²) in [5, 5.41) is 21.9. The number of nitrogens with zero attached hydrogens (tertiary/aromatic N) is 3. The zero-order valence-electron chi connectivity index (χ0n) is 11.5. The lowest BCUT2D eigenvalue weighted by Gasteiger charge is -2.11. The molecule has 0 amide bonds. The van der Waals surface area contributed by atoms with Crippen molar-refractivity contribution in [2.75, 3.05) is 6.61 Å². The van der Waals surface area contributed by atoms with Crippen molar-refractivity contribution in [3.05, 3.63) is 35.7 Å². The molecule has 1 heterocycles. The van der Waals surface area contributed by atoms with E-state index in [0.29, 0.717) is 12.8 Å². The van der Waals surface area contributed by atoms with Gasteiger partial charge in [-0.25, -0.2) is 13.1 Å². The van der Waals surface area contributed by atoms with Gasteiger partial charge in [0.1, 0.15) is 0 Å². The number of aromatic amines is 1. The average molecular weight is 311 g/mol. The van der Waals surface area contributed by atoms with E-state index in [9.17, 15) is 8.42 Å². The molecule has 0 saturated carbocycles. The monoisotopic (exact) mass is 311 g/mol. The molecular weight excluding hydrogens is 294 g/mol. The van der Waals surface area contributed by atoms with Gasteiger partial charge in [0, 0.05) is 6.61 Å². The molecule has 0 bridgehead atoms. The van der Waals surface area contributed by atoms with Crippen molar-refractivity contribution < 1.29 is 13.5 Å². The van der Waals surface area contributed by atoms with Crippen molar-refractivity contribution in [3.63, 3.8) is 0 Å². The molecule has 0 aliphatic carbocycles. The van der Waals surface area contributed by atoms with E-state index in [0.717, 1.165) is 5.56 Å². The summed E-state index contributed by atoms with van der Waals surface area (Å²) in [6, 6.07) is 5.98. The number of aryl methyl sites for hydroxylation is 1. The minimum atomic E-state index is -3.64. The maximum Gasteiger partial charge on any atom is 0.241 e. The number of tetrazole rings is 1. The highest BCUT2D eigenvalue weighted by Crippen LogP contribution is 2.15. The van der Waals surface area contributed by atoms with Gasteiger partial charge in [-0.1, -0.05) is 17.3 Å². The van der Waals surface area contributed by atoms with Gasteiger partial charge in [0.05, 0.1) is 10.9 Å². The van der Waals surface area contributed by atoms with E-state index >= 15 is 0 Å². The number of aliphatic hydroxyl groups is 1. The van der Waals surface area contributed by atoms with Crippen LogP contribution in [0.25, 0.3) is 0 Å². The van der Waals surface area contributed by atoms with Crippen LogP contribution in [0.1, 0.15) is 30.8 Å². The lowest BCUT2D eigenvalue weighted by Crippen LogP contribution is -2.27. The fourth-order valence-corrected chi connectivity index (χ4v) is 3.03. The van der Waals surface area contributed by atoms with Crippen molar-refractivity contribution >= 4 is 10.0 Å². The highest BCUT2D eigenvalue weighted by molar-refractivity contribution is 7.89. The molecule has 2 aromatic rings. The van der Waals surface area contributed by atoms with E-state index in [4.69, 9.17) is 5.11 Å². The van der Waals surface area contributed by atoms with Crippen LogP contribution < -0.4 is 4.72 Å². The molecule has 1 aromatic heterocycles. The van der Waals surface area contributed by atoms with Crippen molar-refractivity contribution in [3.8, 4) is 0 Å². The Kier molecular flexibility index (Phi) is 4.99. The zero-order valence-corrected chi connectivity index (χ0v) is 12.3. The van der Waals surface area contributed by atoms with Gasteiger partial charge >= 0.3 is 0 Å². The summed E-state index contributed by atoms with van der Waals surface area (Å²) < 4.78 is 26.9. The Morgan fingerprint density at radius 3 is 2.62 bits per heavy atom. The molecule has 114 valence electrons. The minimum Gasteiger partial charge on any atom is -0.396 e. The van der Waals surface area contributed by atoms with Crippen LogP contribution in [0.4, 0.5) is 0 Å². The number of hydrogen-bond donors (Lipinski definition) is 3. The Morgan fingerprint density at radius 1 is 1.33 bits per heavy atom. The van der Waals surface area contributed by atoms with Gasteiger partial charge in [-0.2, -0.15) is 5.21 Å². The normalized spacial score (nSPS) is 13.2. The molecule has 2 rings (SSSR count). The first-order valence-electron chi connectivity index (χ1n) is 6.48. The van der Waals surface area contributed by atoms with Crippen LogP contribution in [0, 0.1) is 0 Å². The Balaban J connectivity index is 2.08. The first-order chi connectivity index (χ1) is 10.0. The summed E-state index contributed by atoms with van der Waals surface area (Å²) >= 11 is 0. The quantitative estimate of drug-likeness (QED) is 0.670. The number of nitrogens with one attached hydrogen (secondary N) is 2.